The molecule has 0 spiro atoms. The van der Waals surface area contributed by atoms with Gasteiger partial charge in [-0.3, -0.25) is 4.99 Å². The van der Waals surface area contributed by atoms with E-state index in [-0.39, 0.29) is 6.10 Å². The summed E-state index contributed by atoms with van der Waals surface area (Å²) < 4.78 is 16.3. The number of rotatable bonds is 12. The van der Waals surface area contributed by atoms with Crippen LogP contribution in [0.4, 0.5) is 0 Å². The normalized spacial score (nSPS) is 12.7. The van der Waals surface area contributed by atoms with E-state index >= 15 is 0 Å². The zero-order chi connectivity index (χ0) is 18.3. The first kappa shape index (κ1) is 21.3. The molecule has 1 aromatic carbocycles. The fourth-order valence-electron chi connectivity index (χ4n) is 2.19. The van der Waals surface area contributed by atoms with Crippen molar-refractivity contribution < 1.29 is 14.2 Å². The van der Waals surface area contributed by atoms with Gasteiger partial charge in [0.15, 0.2) is 5.96 Å². The van der Waals surface area contributed by atoms with E-state index in [0.29, 0.717) is 19.8 Å². The predicted octanol–water partition coefficient (Wildman–Crippen LogP) is 2.37. The SMILES string of the molecule is CN=C(NCCCCOCCOC)NCC(C)Oc1ccccc1C. The lowest BCUT2D eigenvalue weighted by molar-refractivity contribution is 0.0689. The van der Waals surface area contributed by atoms with Crippen LogP contribution in [0.2, 0.25) is 0 Å². The highest BCUT2D eigenvalue weighted by molar-refractivity contribution is 5.79. The average Bonchev–Trinajstić information content (AvgIpc) is 2.62. The summed E-state index contributed by atoms with van der Waals surface area (Å²) in [5.41, 5.74) is 1.14. The van der Waals surface area contributed by atoms with E-state index in [0.717, 1.165) is 43.3 Å². The molecule has 25 heavy (non-hydrogen) atoms. The molecule has 0 amide bonds. The van der Waals surface area contributed by atoms with Crippen LogP contribution >= 0.6 is 0 Å². The Morgan fingerprint density at radius 2 is 1.92 bits per heavy atom. The lowest BCUT2D eigenvalue weighted by atomic mass is 10.2. The lowest BCUT2D eigenvalue weighted by Gasteiger charge is -2.18. The van der Waals surface area contributed by atoms with Crippen molar-refractivity contribution >= 4 is 5.96 Å². The standard InChI is InChI=1S/C19H33N3O3/c1-16-9-5-6-10-18(16)25-17(2)15-22-19(20-3)21-11-7-8-12-24-14-13-23-4/h5-6,9-10,17H,7-8,11-15H2,1-4H3,(H2,20,21,22). The Labute approximate surface area is 152 Å². The Bertz CT molecular complexity index is 495. The van der Waals surface area contributed by atoms with E-state index in [1.807, 2.05) is 25.1 Å². The van der Waals surface area contributed by atoms with Crippen molar-refractivity contribution in [2.45, 2.75) is 32.8 Å². The van der Waals surface area contributed by atoms with Crippen molar-refractivity contribution in [3.05, 3.63) is 29.8 Å². The molecule has 0 aliphatic carbocycles. The fraction of sp³-hybridized carbons (Fsp3) is 0.632. The van der Waals surface area contributed by atoms with E-state index in [2.05, 4.69) is 28.6 Å². The molecular formula is C19H33N3O3. The largest absolute Gasteiger partial charge is 0.489 e. The highest BCUT2D eigenvalue weighted by Gasteiger charge is 2.07. The number of methoxy groups -OCH3 is 1. The monoisotopic (exact) mass is 351 g/mol. The van der Waals surface area contributed by atoms with Gasteiger partial charge in [-0.25, -0.2) is 0 Å². The first-order chi connectivity index (χ1) is 12.2. The summed E-state index contributed by atoms with van der Waals surface area (Å²) in [7, 11) is 3.45. The number of hydrogen-bond donors (Lipinski definition) is 2. The number of unbranched alkanes of at least 4 members (excludes halogenated alkanes) is 1. The Morgan fingerprint density at radius 1 is 1.12 bits per heavy atom. The molecule has 1 rings (SSSR count). The molecule has 0 aromatic heterocycles. The number of hydrogen-bond acceptors (Lipinski definition) is 4. The van der Waals surface area contributed by atoms with E-state index in [1.54, 1.807) is 14.2 Å². The van der Waals surface area contributed by atoms with Gasteiger partial charge in [0.25, 0.3) is 0 Å². The molecule has 142 valence electrons. The van der Waals surface area contributed by atoms with Crippen LogP contribution in [0.25, 0.3) is 0 Å². The van der Waals surface area contributed by atoms with E-state index in [4.69, 9.17) is 14.2 Å². The summed E-state index contributed by atoms with van der Waals surface area (Å²) in [4.78, 5) is 4.23. The van der Waals surface area contributed by atoms with Crippen LogP contribution in [0.1, 0.15) is 25.3 Å². The van der Waals surface area contributed by atoms with Gasteiger partial charge in [0.05, 0.1) is 19.8 Å². The van der Waals surface area contributed by atoms with Crippen LogP contribution in [-0.4, -0.2) is 59.1 Å². The van der Waals surface area contributed by atoms with Crippen LogP contribution in [0.15, 0.2) is 29.3 Å². The number of aliphatic imine (C=N–C) groups is 1. The Morgan fingerprint density at radius 3 is 2.64 bits per heavy atom. The molecule has 6 heteroatoms. The first-order valence-electron chi connectivity index (χ1n) is 8.90. The highest BCUT2D eigenvalue weighted by Crippen LogP contribution is 2.17. The van der Waals surface area contributed by atoms with Crippen LogP contribution < -0.4 is 15.4 Å². The lowest BCUT2D eigenvalue weighted by Crippen LogP contribution is -2.42. The number of guanidine groups is 1. The number of ether oxygens (including phenoxy) is 3. The topological polar surface area (TPSA) is 64.1 Å². The zero-order valence-electron chi connectivity index (χ0n) is 16.0. The summed E-state index contributed by atoms with van der Waals surface area (Å²) in [6.07, 6.45) is 2.09. The van der Waals surface area contributed by atoms with Gasteiger partial charge >= 0.3 is 0 Å². The first-order valence-corrected chi connectivity index (χ1v) is 8.90. The zero-order valence-corrected chi connectivity index (χ0v) is 16.0. The van der Waals surface area contributed by atoms with Gasteiger partial charge in [0, 0.05) is 27.3 Å². The molecule has 0 bridgehead atoms. The summed E-state index contributed by atoms with van der Waals surface area (Å²) in [5, 5.41) is 6.60. The fourth-order valence-corrected chi connectivity index (χ4v) is 2.19. The molecule has 1 unspecified atom stereocenters. The molecule has 0 fully saturated rings. The van der Waals surface area contributed by atoms with Gasteiger partial charge < -0.3 is 24.8 Å². The summed E-state index contributed by atoms with van der Waals surface area (Å²) in [5.74, 6) is 1.72. The number of nitrogens with one attached hydrogen (secondary N) is 2. The van der Waals surface area contributed by atoms with Crippen LogP contribution in [-0.2, 0) is 9.47 Å². The minimum absolute atomic E-state index is 0.0498. The second-order valence-electron chi connectivity index (χ2n) is 5.89. The second kappa shape index (κ2) is 13.5. The average molecular weight is 351 g/mol. The number of nitrogens with zero attached hydrogens (tertiary/aromatic N) is 1. The summed E-state index contributed by atoms with van der Waals surface area (Å²) >= 11 is 0. The van der Waals surface area contributed by atoms with Crippen molar-refractivity contribution in [3.8, 4) is 5.75 Å². The molecule has 0 aliphatic rings. The maximum atomic E-state index is 5.96. The molecular weight excluding hydrogens is 318 g/mol. The van der Waals surface area contributed by atoms with Crippen LogP contribution in [0.5, 0.6) is 5.75 Å². The van der Waals surface area contributed by atoms with E-state index < -0.39 is 0 Å². The van der Waals surface area contributed by atoms with Crippen molar-refractivity contribution in [3.63, 3.8) is 0 Å². The minimum atomic E-state index is 0.0498. The molecule has 2 N–H and O–H groups in total. The number of aryl methyl sites for hydroxylation is 1. The van der Waals surface area contributed by atoms with E-state index in [1.165, 1.54) is 0 Å². The molecule has 6 nitrogen and oxygen atoms in total. The van der Waals surface area contributed by atoms with Gasteiger partial charge in [0.1, 0.15) is 11.9 Å². The molecule has 1 atom stereocenters. The molecule has 0 heterocycles. The second-order valence-corrected chi connectivity index (χ2v) is 5.89. The van der Waals surface area contributed by atoms with Gasteiger partial charge in [-0.15, -0.1) is 0 Å². The van der Waals surface area contributed by atoms with Crippen LogP contribution in [0.3, 0.4) is 0 Å². The van der Waals surface area contributed by atoms with Crippen molar-refractivity contribution in [2.75, 3.05) is 47.1 Å². The predicted molar refractivity (Wildman–Crippen MR) is 103 cm³/mol. The van der Waals surface area contributed by atoms with Crippen LogP contribution in [0, 0.1) is 6.92 Å². The number of para-hydroxylation sites is 1. The van der Waals surface area contributed by atoms with Gasteiger partial charge in [-0.1, -0.05) is 18.2 Å². The van der Waals surface area contributed by atoms with Crippen molar-refractivity contribution in [1.29, 1.82) is 0 Å². The molecule has 0 aliphatic heterocycles. The minimum Gasteiger partial charge on any atom is -0.489 e. The molecule has 0 saturated carbocycles. The van der Waals surface area contributed by atoms with Gasteiger partial charge in [-0.2, -0.15) is 0 Å². The van der Waals surface area contributed by atoms with Gasteiger partial charge in [0.2, 0.25) is 0 Å². The van der Waals surface area contributed by atoms with Crippen molar-refractivity contribution in [1.82, 2.24) is 10.6 Å². The Hall–Kier alpha value is -1.79. The summed E-state index contributed by atoms with van der Waals surface area (Å²) in [6, 6.07) is 8.05. The van der Waals surface area contributed by atoms with Gasteiger partial charge in [-0.05, 0) is 38.3 Å². The third-order valence-electron chi connectivity index (χ3n) is 3.64. The number of benzene rings is 1. The molecule has 1 aromatic rings. The highest BCUT2D eigenvalue weighted by atomic mass is 16.5. The Kier molecular flexibility index (Phi) is 11.5. The maximum Gasteiger partial charge on any atom is 0.191 e. The molecule has 0 radical (unpaired) electrons. The summed E-state index contributed by atoms with van der Waals surface area (Å²) in [6.45, 7) is 7.72. The third kappa shape index (κ3) is 9.94. The quantitative estimate of drug-likeness (QED) is 0.344. The smallest absolute Gasteiger partial charge is 0.191 e. The van der Waals surface area contributed by atoms with Crippen molar-refractivity contribution in [2.24, 2.45) is 4.99 Å². The third-order valence-corrected chi connectivity index (χ3v) is 3.64. The molecule has 0 saturated heterocycles. The maximum absolute atomic E-state index is 5.96. The Balaban J connectivity index is 2.14. The van der Waals surface area contributed by atoms with E-state index in [9.17, 15) is 0 Å².